The lowest BCUT2D eigenvalue weighted by Crippen LogP contribution is -2.30. The maximum atomic E-state index is 5.34. The van der Waals surface area contributed by atoms with Gasteiger partial charge in [0.15, 0.2) is 0 Å². The zero-order valence-electron chi connectivity index (χ0n) is 10.3. The van der Waals surface area contributed by atoms with Gasteiger partial charge in [0.1, 0.15) is 5.76 Å². The first-order valence-corrected chi connectivity index (χ1v) is 5.94. The molecule has 2 heterocycles. The van der Waals surface area contributed by atoms with Crippen LogP contribution in [0.2, 0.25) is 0 Å². The van der Waals surface area contributed by atoms with E-state index in [1.165, 1.54) is 5.56 Å². The molecule has 0 aliphatic rings. The lowest BCUT2D eigenvalue weighted by molar-refractivity contribution is 0.429. The molecule has 2 aromatic rings. The molecule has 1 N–H and O–H groups in total. The first-order valence-electron chi connectivity index (χ1n) is 5.94. The third kappa shape index (κ3) is 3.43. The molecule has 0 aliphatic carbocycles. The average molecular weight is 230 g/mol. The standard InChI is InChI=1S/C14H18N2O/c1-11(10-14-4-3-9-17-14)16-12(2)13-5-7-15-8-6-13/h3-9,11-12,16H,10H2,1-2H3. The number of rotatable bonds is 5. The molecule has 17 heavy (non-hydrogen) atoms. The van der Waals surface area contributed by atoms with E-state index in [1.54, 1.807) is 6.26 Å². The highest BCUT2D eigenvalue weighted by Gasteiger charge is 2.10. The number of nitrogens with zero attached hydrogens (tertiary/aromatic N) is 1. The summed E-state index contributed by atoms with van der Waals surface area (Å²) in [6.07, 6.45) is 6.27. The second-order valence-electron chi connectivity index (χ2n) is 4.35. The molecule has 2 atom stereocenters. The number of hydrogen-bond donors (Lipinski definition) is 1. The fourth-order valence-electron chi connectivity index (χ4n) is 1.96. The van der Waals surface area contributed by atoms with Crippen LogP contribution in [-0.4, -0.2) is 11.0 Å². The summed E-state index contributed by atoms with van der Waals surface area (Å²) in [4.78, 5) is 4.02. The molecule has 0 saturated heterocycles. The molecule has 0 saturated carbocycles. The maximum Gasteiger partial charge on any atom is 0.105 e. The van der Waals surface area contributed by atoms with E-state index in [9.17, 15) is 0 Å². The molecule has 0 radical (unpaired) electrons. The van der Waals surface area contributed by atoms with E-state index in [1.807, 2.05) is 36.7 Å². The SMILES string of the molecule is CC(Cc1ccco1)NC(C)c1ccncc1. The van der Waals surface area contributed by atoms with Crippen molar-refractivity contribution in [3.05, 3.63) is 54.2 Å². The van der Waals surface area contributed by atoms with E-state index in [4.69, 9.17) is 4.42 Å². The lowest BCUT2D eigenvalue weighted by atomic mass is 10.1. The van der Waals surface area contributed by atoms with Gasteiger partial charge in [-0.2, -0.15) is 0 Å². The van der Waals surface area contributed by atoms with Gasteiger partial charge in [0.2, 0.25) is 0 Å². The van der Waals surface area contributed by atoms with Crippen molar-refractivity contribution in [2.75, 3.05) is 0 Å². The fraction of sp³-hybridized carbons (Fsp3) is 0.357. The molecular formula is C14H18N2O. The number of pyridine rings is 1. The number of nitrogens with one attached hydrogen (secondary N) is 1. The second-order valence-corrected chi connectivity index (χ2v) is 4.35. The van der Waals surface area contributed by atoms with Crippen molar-refractivity contribution in [2.24, 2.45) is 0 Å². The number of aromatic nitrogens is 1. The Bertz CT molecular complexity index is 425. The second kappa shape index (κ2) is 5.64. The summed E-state index contributed by atoms with van der Waals surface area (Å²) in [5, 5.41) is 3.55. The summed E-state index contributed by atoms with van der Waals surface area (Å²) in [6, 6.07) is 8.71. The van der Waals surface area contributed by atoms with Gasteiger partial charge in [-0.3, -0.25) is 4.98 Å². The first kappa shape index (κ1) is 11.9. The molecule has 0 spiro atoms. The summed E-state index contributed by atoms with van der Waals surface area (Å²) in [7, 11) is 0. The molecule has 2 aromatic heterocycles. The highest BCUT2D eigenvalue weighted by molar-refractivity contribution is 5.14. The Morgan fingerprint density at radius 3 is 2.65 bits per heavy atom. The minimum absolute atomic E-state index is 0.322. The summed E-state index contributed by atoms with van der Waals surface area (Å²) in [5.41, 5.74) is 1.26. The van der Waals surface area contributed by atoms with E-state index >= 15 is 0 Å². The van der Waals surface area contributed by atoms with Gasteiger partial charge in [0.05, 0.1) is 6.26 Å². The Hall–Kier alpha value is -1.61. The van der Waals surface area contributed by atoms with Gasteiger partial charge in [-0.1, -0.05) is 0 Å². The molecule has 0 aliphatic heterocycles. The Morgan fingerprint density at radius 1 is 1.24 bits per heavy atom. The van der Waals surface area contributed by atoms with Crippen LogP contribution in [0.1, 0.15) is 31.2 Å². The monoisotopic (exact) mass is 230 g/mol. The quantitative estimate of drug-likeness (QED) is 0.858. The predicted molar refractivity (Wildman–Crippen MR) is 67.7 cm³/mol. The third-order valence-electron chi connectivity index (χ3n) is 2.83. The van der Waals surface area contributed by atoms with Gasteiger partial charge in [0, 0.05) is 30.9 Å². The normalized spacial score (nSPS) is 14.5. The summed E-state index contributed by atoms with van der Waals surface area (Å²) >= 11 is 0. The molecule has 0 bridgehead atoms. The Morgan fingerprint density at radius 2 is 2.00 bits per heavy atom. The van der Waals surface area contributed by atoms with Gasteiger partial charge >= 0.3 is 0 Å². The zero-order chi connectivity index (χ0) is 12.1. The van der Waals surface area contributed by atoms with Crippen LogP contribution in [0.3, 0.4) is 0 Å². The van der Waals surface area contributed by atoms with Crippen molar-refractivity contribution in [2.45, 2.75) is 32.4 Å². The van der Waals surface area contributed by atoms with Crippen molar-refractivity contribution in [1.29, 1.82) is 0 Å². The summed E-state index contributed by atoms with van der Waals surface area (Å²) in [5.74, 6) is 1.02. The largest absolute Gasteiger partial charge is 0.469 e. The van der Waals surface area contributed by atoms with Crippen LogP contribution in [0.15, 0.2) is 47.3 Å². The van der Waals surface area contributed by atoms with Crippen LogP contribution in [0.5, 0.6) is 0 Å². The molecular weight excluding hydrogens is 212 g/mol. The van der Waals surface area contributed by atoms with Gasteiger partial charge in [-0.05, 0) is 43.7 Å². The molecule has 3 nitrogen and oxygen atoms in total. The van der Waals surface area contributed by atoms with Gasteiger partial charge in [-0.15, -0.1) is 0 Å². The number of furan rings is 1. The molecule has 0 amide bonds. The van der Waals surface area contributed by atoms with Crippen LogP contribution in [0.25, 0.3) is 0 Å². The smallest absolute Gasteiger partial charge is 0.105 e. The topological polar surface area (TPSA) is 38.1 Å². The van der Waals surface area contributed by atoms with Crippen LogP contribution in [0, 0.1) is 0 Å². The van der Waals surface area contributed by atoms with Crippen LogP contribution in [-0.2, 0) is 6.42 Å². The lowest BCUT2D eigenvalue weighted by Gasteiger charge is -2.19. The number of hydrogen-bond acceptors (Lipinski definition) is 3. The first-order chi connectivity index (χ1) is 8.25. The Kier molecular flexibility index (Phi) is 3.94. The van der Waals surface area contributed by atoms with E-state index in [2.05, 4.69) is 24.1 Å². The molecule has 3 heteroatoms. The molecule has 0 aromatic carbocycles. The fourth-order valence-corrected chi connectivity index (χ4v) is 1.96. The molecule has 0 fully saturated rings. The van der Waals surface area contributed by atoms with Gasteiger partial charge in [0.25, 0.3) is 0 Å². The van der Waals surface area contributed by atoms with E-state index in [0.29, 0.717) is 12.1 Å². The van der Waals surface area contributed by atoms with Crippen LogP contribution < -0.4 is 5.32 Å². The van der Waals surface area contributed by atoms with Crippen LogP contribution >= 0.6 is 0 Å². The van der Waals surface area contributed by atoms with Gasteiger partial charge in [-0.25, -0.2) is 0 Å². The third-order valence-corrected chi connectivity index (χ3v) is 2.83. The van der Waals surface area contributed by atoms with Crippen molar-refractivity contribution >= 4 is 0 Å². The maximum absolute atomic E-state index is 5.34. The van der Waals surface area contributed by atoms with Crippen LogP contribution in [0.4, 0.5) is 0 Å². The van der Waals surface area contributed by atoms with Crippen molar-refractivity contribution in [3.63, 3.8) is 0 Å². The molecule has 90 valence electrons. The Labute approximate surface area is 102 Å². The van der Waals surface area contributed by atoms with Gasteiger partial charge < -0.3 is 9.73 Å². The predicted octanol–water partition coefficient (Wildman–Crippen LogP) is 2.96. The zero-order valence-corrected chi connectivity index (χ0v) is 10.3. The highest BCUT2D eigenvalue weighted by Crippen LogP contribution is 2.12. The molecule has 2 rings (SSSR count). The highest BCUT2D eigenvalue weighted by atomic mass is 16.3. The molecule has 2 unspecified atom stereocenters. The minimum Gasteiger partial charge on any atom is -0.469 e. The van der Waals surface area contributed by atoms with Crippen molar-refractivity contribution < 1.29 is 4.42 Å². The van der Waals surface area contributed by atoms with E-state index in [-0.39, 0.29) is 0 Å². The Balaban J connectivity index is 1.88. The van der Waals surface area contributed by atoms with Crippen molar-refractivity contribution in [1.82, 2.24) is 10.3 Å². The van der Waals surface area contributed by atoms with E-state index in [0.717, 1.165) is 12.2 Å². The summed E-state index contributed by atoms with van der Waals surface area (Å²) < 4.78 is 5.34. The average Bonchev–Trinajstić information content (AvgIpc) is 2.82. The van der Waals surface area contributed by atoms with Crippen molar-refractivity contribution in [3.8, 4) is 0 Å². The minimum atomic E-state index is 0.322. The van der Waals surface area contributed by atoms with E-state index < -0.39 is 0 Å². The summed E-state index contributed by atoms with van der Waals surface area (Å²) in [6.45, 7) is 4.33.